The minimum atomic E-state index is -0.472. The summed E-state index contributed by atoms with van der Waals surface area (Å²) in [5.74, 6) is 1.33. The number of benzene rings is 2. The van der Waals surface area contributed by atoms with E-state index in [4.69, 9.17) is 9.47 Å². The van der Waals surface area contributed by atoms with Crippen molar-refractivity contribution in [3.05, 3.63) is 63.7 Å². The fraction of sp³-hybridized carbons (Fsp3) is 0.118. The molecule has 0 amide bonds. The maximum Gasteiger partial charge on any atom is 0.269 e. The third-order valence-corrected chi connectivity index (χ3v) is 3.39. The van der Waals surface area contributed by atoms with Crippen molar-refractivity contribution < 1.29 is 14.4 Å². The van der Waals surface area contributed by atoms with E-state index in [1.807, 2.05) is 6.07 Å². The highest BCUT2D eigenvalue weighted by molar-refractivity contribution is 5.90. The highest BCUT2D eigenvalue weighted by Gasteiger charge is 2.12. The lowest BCUT2D eigenvalue weighted by atomic mass is 10.0. The molecule has 0 saturated heterocycles. The van der Waals surface area contributed by atoms with Crippen LogP contribution in [0.25, 0.3) is 11.6 Å². The van der Waals surface area contributed by atoms with Crippen LogP contribution in [0.5, 0.6) is 11.5 Å². The zero-order valence-electron chi connectivity index (χ0n) is 12.1. The monoisotopic (exact) mass is 308 g/mol. The fourth-order valence-electron chi connectivity index (χ4n) is 2.26. The molecule has 0 bridgehead atoms. The summed E-state index contributed by atoms with van der Waals surface area (Å²) in [4.78, 5) is 10.2. The van der Waals surface area contributed by atoms with E-state index in [0.29, 0.717) is 35.8 Å². The van der Waals surface area contributed by atoms with Crippen molar-refractivity contribution in [2.45, 2.75) is 0 Å². The first kappa shape index (κ1) is 14.6. The van der Waals surface area contributed by atoms with Crippen LogP contribution >= 0.6 is 0 Å². The summed E-state index contributed by atoms with van der Waals surface area (Å²) < 4.78 is 11.0. The van der Waals surface area contributed by atoms with Gasteiger partial charge in [0.2, 0.25) is 0 Å². The van der Waals surface area contributed by atoms with E-state index in [2.05, 4.69) is 6.07 Å². The van der Waals surface area contributed by atoms with Crippen LogP contribution < -0.4 is 9.47 Å². The highest BCUT2D eigenvalue weighted by Crippen LogP contribution is 2.32. The number of hydrogen-bond acceptors (Lipinski definition) is 5. The summed E-state index contributed by atoms with van der Waals surface area (Å²) in [6.45, 7) is 1.02. The van der Waals surface area contributed by atoms with Gasteiger partial charge < -0.3 is 9.47 Å². The molecule has 1 aliphatic rings. The van der Waals surface area contributed by atoms with Crippen LogP contribution in [0, 0.1) is 21.4 Å². The minimum Gasteiger partial charge on any atom is -0.486 e. The maximum atomic E-state index is 10.7. The molecular weight excluding hydrogens is 296 g/mol. The predicted octanol–water partition coefficient (Wildman–Crippen LogP) is 3.43. The van der Waals surface area contributed by atoms with Crippen molar-refractivity contribution >= 4 is 17.3 Å². The zero-order chi connectivity index (χ0) is 16.2. The number of rotatable bonds is 3. The molecule has 0 aromatic heterocycles. The summed E-state index contributed by atoms with van der Waals surface area (Å²) >= 11 is 0. The predicted molar refractivity (Wildman–Crippen MR) is 84.0 cm³/mol. The van der Waals surface area contributed by atoms with Gasteiger partial charge >= 0.3 is 0 Å². The normalized spacial score (nSPS) is 13.3. The van der Waals surface area contributed by atoms with Crippen molar-refractivity contribution in [1.82, 2.24) is 0 Å². The Hall–Kier alpha value is -3.33. The van der Waals surface area contributed by atoms with E-state index < -0.39 is 4.92 Å². The van der Waals surface area contributed by atoms with Gasteiger partial charge in [0.05, 0.1) is 16.6 Å². The maximum absolute atomic E-state index is 10.7. The topological polar surface area (TPSA) is 85.4 Å². The van der Waals surface area contributed by atoms with E-state index in [-0.39, 0.29) is 5.69 Å². The van der Waals surface area contributed by atoms with Gasteiger partial charge in [-0.15, -0.1) is 0 Å². The second-order valence-electron chi connectivity index (χ2n) is 4.88. The molecule has 0 unspecified atom stereocenters. The van der Waals surface area contributed by atoms with Crippen molar-refractivity contribution in [3.8, 4) is 17.6 Å². The van der Waals surface area contributed by atoms with Gasteiger partial charge in [0.25, 0.3) is 5.69 Å². The first-order valence-electron chi connectivity index (χ1n) is 6.93. The van der Waals surface area contributed by atoms with Crippen LogP contribution in [0.2, 0.25) is 0 Å². The van der Waals surface area contributed by atoms with Crippen LogP contribution in [0.3, 0.4) is 0 Å². The second kappa shape index (κ2) is 6.20. The number of allylic oxidation sites excluding steroid dienone is 1. The van der Waals surface area contributed by atoms with Crippen LogP contribution in [-0.2, 0) is 0 Å². The summed E-state index contributed by atoms with van der Waals surface area (Å²) in [6.07, 6.45) is 1.71. The summed E-state index contributed by atoms with van der Waals surface area (Å²) in [7, 11) is 0. The number of nitrogens with zero attached hydrogens (tertiary/aromatic N) is 2. The van der Waals surface area contributed by atoms with Crippen LogP contribution in [0.15, 0.2) is 42.5 Å². The quantitative estimate of drug-likeness (QED) is 0.375. The highest BCUT2D eigenvalue weighted by atomic mass is 16.6. The lowest BCUT2D eigenvalue weighted by Gasteiger charge is -2.18. The molecular formula is C17H12N2O4. The van der Waals surface area contributed by atoms with Gasteiger partial charge in [-0.05, 0) is 41.5 Å². The van der Waals surface area contributed by atoms with E-state index in [1.54, 1.807) is 30.3 Å². The Bertz CT molecular complexity index is 819. The summed E-state index contributed by atoms with van der Waals surface area (Å²) in [5, 5.41) is 20.0. The zero-order valence-corrected chi connectivity index (χ0v) is 12.1. The van der Waals surface area contributed by atoms with Gasteiger partial charge in [-0.1, -0.05) is 6.07 Å². The Labute approximate surface area is 132 Å². The van der Waals surface area contributed by atoms with E-state index in [1.165, 1.54) is 12.1 Å². The molecule has 2 aromatic carbocycles. The first-order valence-corrected chi connectivity index (χ1v) is 6.93. The van der Waals surface area contributed by atoms with Crippen molar-refractivity contribution in [3.63, 3.8) is 0 Å². The summed E-state index contributed by atoms with van der Waals surface area (Å²) in [6, 6.07) is 13.4. The Morgan fingerprint density at radius 2 is 1.83 bits per heavy atom. The Kier molecular flexibility index (Phi) is 3.93. The van der Waals surface area contributed by atoms with Gasteiger partial charge in [0.15, 0.2) is 11.5 Å². The third-order valence-electron chi connectivity index (χ3n) is 3.39. The lowest BCUT2D eigenvalue weighted by molar-refractivity contribution is -0.384. The molecule has 0 N–H and O–H groups in total. The number of non-ortho nitro benzene ring substituents is 1. The van der Waals surface area contributed by atoms with Crippen molar-refractivity contribution in [1.29, 1.82) is 5.26 Å². The molecule has 23 heavy (non-hydrogen) atoms. The van der Waals surface area contributed by atoms with Gasteiger partial charge in [0, 0.05) is 12.1 Å². The average molecular weight is 308 g/mol. The standard InChI is InChI=1S/C17H12N2O4/c18-11-14(13-2-4-15(5-3-13)19(20)21)9-12-1-6-16-17(10-12)23-8-7-22-16/h1-6,9-10H,7-8H2. The largest absolute Gasteiger partial charge is 0.486 e. The first-order chi connectivity index (χ1) is 11.2. The Morgan fingerprint density at radius 1 is 1.13 bits per heavy atom. The van der Waals surface area contributed by atoms with Gasteiger partial charge in [-0.3, -0.25) is 10.1 Å². The molecule has 6 heteroatoms. The van der Waals surface area contributed by atoms with Crippen LogP contribution in [-0.4, -0.2) is 18.1 Å². The van der Waals surface area contributed by atoms with E-state index in [0.717, 1.165) is 5.56 Å². The minimum absolute atomic E-state index is 0.00892. The molecule has 0 atom stereocenters. The number of nitro groups is 1. The summed E-state index contributed by atoms with van der Waals surface area (Å²) in [5.41, 5.74) is 1.82. The smallest absolute Gasteiger partial charge is 0.269 e. The molecule has 0 saturated carbocycles. The van der Waals surface area contributed by atoms with Crippen molar-refractivity contribution in [2.75, 3.05) is 13.2 Å². The molecule has 3 rings (SSSR count). The molecule has 0 aliphatic carbocycles. The number of ether oxygens (including phenoxy) is 2. The fourth-order valence-corrected chi connectivity index (χ4v) is 2.26. The SMILES string of the molecule is N#CC(=Cc1ccc2c(c1)OCCO2)c1ccc([N+](=O)[O-])cc1. The van der Waals surface area contributed by atoms with Crippen LogP contribution in [0.1, 0.15) is 11.1 Å². The molecule has 0 spiro atoms. The van der Waals surface area contributed by atoms with E-state index >= 15 is 0 Å². The van der Waals surface area contributed by atoms with Crippen LogP contribution in [0.4, 0.5) is 5.69 Å². The van der Waals surface area contributed by atoms with Gasteiger partial charge in [-0.25, -0.2) is 0 Å². The third kappa shape index (κ3) is 3.14. The molecule has 114 valence electrons. The van der Waals surface area contributed by atoms with Gasteiger partial charge in [-0.2, -0.15) is 5.26 Å². The second-order valence-corrected chi connectivity index (χ2v) is 4.88. The van der Waals surface area contributed by atoms with E-state index in [9.17, 15) is 15.4 Å². The Morgan fingerprint density at radius 3 is 2.48 bits per heavy atom. The molecule has 1 aliphatic heterocycles. The van der Waals surface area contributed by atoms with Crippen molar-refractivity contribution in [2.24, 2.45) is 0 Å². The number of nitro benzene ring substituents is 1. The molecule has 2 aromatic rings. The lowest BCUT2D eigenvalue weighted by Crippen LogP contribution is -2.15. The number of hydrogen-bond donors (Lipinski definition) is 0. The average Bonchev–Trinajstić information content (AvgIpc) is 2.59. The Balaban J connectivity index is 1.92. The molecule has 0 radical (unpaired) electrons. The molecule has 6 nitrogen and oxygen atoms in total. The van der Waals surface area contributed by atoms with Gasteiger partial charge in [0.1, 0.15) is 13.2 Å². The molecule has 0 fully saturated rings. The number of fused-ring (bicyclic) bond motifs is 1. The number of nitriles is 1. The molecule has 1 heterocycles.